The molecule has 1 N–H and O–H groups in total. The van der Waals surface area contributed by atoms with Gasteiger partial charge in [-0.25, -0.2) is 0 Å². The first-order valence-corrected chi connectivity index (χ1v) is 5.76. The Kier molecular flexibility index (Phi) is 5.73. The van der Waals surface area contributed by atoms with Crippen molar-refractivity contribution in [2.75, 3.05) is 39.9 Å². The molecule has 5 heteroatoms. The number of hydrogen-bond donors (Lipinski definition) is 1. The predicted molar refractivity (Wildman–Crippen MR) is 61.3 cm³/mol. The van der Waals surface area contributed by atoms with Crippen molar-refractivity contribution >= 4 is 5.91 Å². The number of morpholine rings is 1. The van der Waals surface area contributed by atoms with Crippen molar-refractivity contribution in [2.24, 2.45) is 0 Å². The van der Waals surface area contributed by atoms with Crippen LogP contribution < -0.4 is 5.32 Å². The molecule has 0 bridgehead atoms. The molecule has 16 heavy (non-hydrogen) atoms. The van der Waals surface area contributed by atoms with Gasteiger partial charge in [-0.1, -0.05) is 0 Å². The Morgan fingerprint density at radius 3 is 2.62 bits per heavy atom. The highest BCUT2D eigenvalue weighted by molar-refractivity contribution is 5.78. The van der Waals surface area contributed by atoms with Crippen LogP contribution in [0.25, 0.3) is 0 Å². The lowest BCUT2D eigenvalue weighted by Crippen LogP contribution is -2.50. The molecule has 0 saturated carbocycles. The van der Waals surface area contributed by atoms with E-state index in [0.717, 1.165) is 0 Å². The molecule has 1 saturated heterocycles. The molecular formula is C11H22N2O3. The minimum absolute atomic E-state index is 0.131. The maximum absolute atomic E-state index is 11.8. The number of methoxy groups -OCH3 is 1. The minimum Gasteiger partial charge on any atom is -0.383 e. The van der Waals surface area contributed by atoms with Crippen LogP contribution in [0.5, 0.6) is 0 Å². The lowest BCUT2D eigenvalue weighted by Gasteiger charge is -2.35. The Morgan fingerprint density at radius 2 is 2.06 bits per heavy atom. The van der Waals surface area contributed by atoms with Gasteiger partial charge in [0.1, 0.15) is 0 Å². The zero-order chi connectivity index (χ0) is 12.0. The van der Waals surface area contributed by atoms with E-state index in [4.69, 9.17) is 9.47 Å². The fraction of sp³-hybridized carbons (Fsp3) is 0.909. The van der Waals surface area contributed by atoms with E-state index in [2.05, 4.69) is 5.32 Å². The second-order valence-electron chi connectivity index (χ2n) is 4.23. The number of hydrogen-bond acceptors (Lipinski definition) is 4. The summed E-state index contributed by atoms with van der Waals surface area (Å²) in [4.78, 5) is 13.7. The van der Waals surface area contributed by atoms with Crippen LogP contribution in [0.4, 0.5) is 0 Å². The third-order valence-electron chi connectivity index (χ3n) is 2.53. The fourth-order valence-corrected chi connectivity index (χ4v) is 1.86. The Balaban J connectivity index is 2.24. The summed E-state index contributed by atoms with van der Waals surface area (Å²) in [6.45, 7) is 7.08. The Labute approximate surface area is 97.1 Å². The molecule has 2 atom stereocenters. The predicted octanol–water partition coefficient (Wildman–Crippen LogP) is -0.142. The van der Waals surface area contributed by atoms with Gasteiger partial charge in [-0.15, -0.1) is 0 Å². The van der Waals surface area contributed by atoms with Crippen LogP contribution in [0.15, 0.2) is 0 Å². The van der Waals surface area contributed by atoms with Gasteiger partial charge in [-0.3, -0.25) is 4.79 Å². The van der Waals surface area contributed by atoms with E-state index in [1.165, 1.54) is 0 Å². The van der Waals surface area contributed by atoms with Gasteiger partial charge >= 0.3 is 0 Å². The molecule has 0 aliphatic carbocycles. The van der Waals surface area contributed by atoms with Crippen molar-refractivity contribution in [1.29, 1.82) is 0 Å². The third-order valence-corrected chi connectivity index (χ3v) is 2.53. The molecular weight excluding hydrogens is 208 g/mol. The van der Waals surface area contributed by atoms with E-state index in [1.54, 1.807) is 7.11 Å². The highest BCUT2D eigenvalue weighted by Crippen LogP contribution is 2.10. The van der Waals surface area contributed by atoms with E-state index in [9.17, 15) is 4.79 Å². The third kappa shape index (κ3) is 4.47. The molecule has 1 amide bonds. The van der Waals surface area contributed by atoms with Gasteiger partial charge in [0, 0.05) is 26.7 Å². The summed E-state index contributed by atoms with van der Waals surface area (Å²) < 4.78 is 10.5. The standard InChI is InChI=1S/C11H22N2O3/c1-9-7-13(8-10(2)16-9)11(14)6-12-4-5-15-3/h9-10,12H,4-8H2,1-3H3/t9-,10+. The largest absolute Gasteiger partial charge is 0.383 e. The molecule has 0 radical (unpaired) electrons. The highest BCUT2D eigenvalue weighted by atomic mass is 16.5. The number of rotatable bonds is 5. The lowest BCUT2D eigenvalue weighted by molar-refractivity contribution is -0.142. The molecule has 0 aromatic rings. The second kappa shape index (κ2) is 6.83. The summed E-state index contributed by atoms with van der Waals surface area (Å²) in [5, 5.41) is 3.06. The molecule has 0 spiro atoms. The number of ether oxygens (including phenoxy) is 2. The Hall–Kier alpha value is -0.650. The van der Waals surface area contributed by atoms with Crippen molar-refractivity contribution in [3.05, 3.63) is 0 Å². The van der Waals surface area contributed by atoms with E-state index < -0.39 is 0 Å². The van der Waals surface area contributed by atoms with Crippen molar-refractivity contribution in [3.8, 4) is 0 Å². The molecule has 5 nitrogen and oxygen atoms in total. The lowest BCUT2D eigenvalue weighted by atomic mass is 10.2. The van der Waals surface area contributed by atoms with Crippen LogP contribution in [-0.4, -0.2) is 62.9 Å². The number of nitrogens with one attached hydrogen (secondary N) is 1. The highest BCUT2D eigenvalue weighted by Gasteiger charge is 2.25. The van der Waals surface area contributed by atoms with Gasteiger partial charge in [0.2, 0.25) is 5.91 Å². The normalized spacial score (nSPS) is 25.8. The average molecular weight is 230 g/mol. The molecule has 0 aromatic carbocycles. The number of carbonyl (C=O) groups is 1. The fourth-order valence-electron chi connectivity index (χ4n) is 1.86. The monoisotopic (exact) mass is 230 g/mol. The molecule has 1 fully saturated rings. The molecule has 94 valence electrons. The SMILES string of the molecule is COCCNCC(=O)N1C[C@@H](C)O[C@@H](C)C1. The maximum Gasteiger partial charge on any atom is 0.236 e. The first-order chi connectivity index (χ1) is 7.63. The van der Waals surface area contributed by atoms with Crippen molar-refractivity contribution in [3.63, 3.8) is 0 Å². The maximum atomic E-state index is 11.8. The first-order valence-electron chi connectivity index (χ1n) is 5.76. The molecule has 1 aliphatic heterocycles. The van der Waals surface area contributed by atoms with Crippen LogP contribution in [0.1, 0.15) is 13.8 Å². The van der Waals surface area contributed by atoms with Crippen LogP contribution >= 0.6 is 0 Å². The smallest absolute Gasteiger partial charge is 0.236 e. The van der Waals surface area contributed by atoms with E-state index in [-0.39, 0.29) is 18.1 Å². The van der Waals surface area contributed by atoms with Gasteiger partial charge in [-0.2, -0.15) is 0 Å². The number of nitrogens with zero attached hydrogens (tertiary/aromatic N) is 1. The van der Waals surface area contributed by atoms with Gasteiger partial charge in [0.15, 0.2) is 0 Å². The van der Waals surface area contributed by atoms with Crippen molar-refractivity contribution in [1.82, 2.24) is 10.2 Å². The average Bonchev–Trinajstić information content (AvgIpc) is 2.22. The number of carbonyl (C=O) groups excluding carboxylic acids is 1. The van der Waals surface area contributed by atoms with Crippen LogP contribution in [0.3, 0.4) is 0 Å². The zero-order valence-corrected chi connectivity index (χ0v) is 10.4. The quantitative estimate of drug-likeness (QED) is 0.668. The number of amides is 1. The van der Waals surface area contributed by atoms with Crippen LogP contribution in [0.2, 0.25) is 0 Å². The molecule has 1 rings (SSSR count). The topological polar surface area (TPSA) is 50.8 Å². The molecule has 1 heterocycles. The summed E-state index contributed by atoms with van der Waals surface area (Å²) in [7, 11) is 1.65. The molecule has 0 unspecified atom stereocenters. The summed E-state index contributed by atoms with van der Waals surface area (Å²) >= 11 is 0. The van der Waals surface area contributed by atoms with E-state index >= 15 is 0 Å². The summed E-state index contributed by atoms with van der Waals surface area (Å²) in [6, 6.07) is 0. The second-order valence-corrected chi connectivity index (χ2v) is 4.23. The van der Waals surface area contributed by atoms with E-state index in [1.807, 2.05) is 18.7 Å². The zero-order valence-electron chi connectivity index (χ0n) is 10.4. The van der Waals surface area contributed by atoms with Gasteiger partial charge < -0.3 is 19.7 Å². The van der Waals surface area contributed by atoms with Crippen LogP contribution in [-0.2, 0) is 14.3 Å². The molecule has 1 aliphatic rings. The van der Waals surface area contributed by atoms with Crippen molar-refractivity contribution in [2.45, 2.75) is 26.1 Å². The Bertz CT molecular complexity index is 213. The van der Waals surface area contributed by atoms with Gasteiger partial charge in [0.25, 0.3) is 0 Å². The minimum atomic E-state index is 0.131. The van der Waals surface area contributed by atoms with Crippen LogP contribution in [0, 0.1) is 0 Å². The van der Waals surface area contributed by atoms with E-state index in [0.29, 0.717) is 32.8 Å². The summed E-state index contributed by atoms with van der Waals surface area (Å²) in [5.74, 6) is 0.137. The first kappa shape index (κ1) is 13.4. The summed E-state index contributed by atoms with van der Waals surface area (Å²) in [6.07, 6.45) is 0.262. The molecule has 0 aromatic heterocycles. The van der Waals surface area contributed by atoms with Crippen molar-refractivity contribution < 1.29 is 14.3 Å². The Morgan fingerprint density at radius 1 is 1.44 bits per heavy atom. The van der Waals surface area contributed by atoms with Gasteiger partial charge in [-0.05, 0) is 13.8 Å². The van der Waals surface area contributed by atoms with Gasteiger partial charge in [0.05, 0.1) is 25.4 Å². The summed E-state index contributed by atoms with van der Waals surface area (Å²) in [5.41, 5.74) is 0.